The summed E-state index contributed by atoms with van der Waals surface area (Å²) < 4.78 is 5.73. The number of benzene rings is 2. The number of fused-ring (bicyclic) bond motifs is 1. The van der Waals surface area contributed by atoms with Crippen molar-refractivity contribution in [1.82, 2.24) is 14.9 Å². The quantitative estimate of drug-likeness (QED) is 0.675. The van der Waals surface area contributed by atoms with Gasteiger partial charge in [0.05, 0.1) is 30.0 Å². The second-order valence-electron chi connectivity index (χ2n) is 7.24. The Hall–Kier alpha value is -2.70. The second-order valence-corrected chi connectivity index (χ2v) is 7.68. The van der Waals surface area contributed by atoms with Gasteiger partial charge in [-0.3, -0.25) is 9.59 Å². The van der Waals surface area contributed by atoms with E-state index < -0.39 is 0 Å². The number of hydrogen-bond acceptors (Lipinski definition) is 4. The molecule has 7 heteroatoms. The van der Waals surface area contributed by atoms with Crippen molar-refractivity contribution in [3.63, 3.8) is 0 Å². The van der Waals surface area contributed by atoms with Gasteiger partial charge in [-0.05, 0) is 42.7 Å². The van der Waals surface area contributed by atoms with E-state index in [0.29, 0.717) is 28.3 Å². The van der Waals surface area contributed by atoms with Gasteiger partial charge in [-0.15, -0.1) is 0 Å². The highest BCUT2D eigenvalue weighted by molar-refractivity contribution is 6.30. The van der Waals surface area contributed by atoms with Crippen LogP contribution in [0.15, 0.2) is 53.3 Å². The van der Waals surface area contributed by atoms with Crippen molar-refractivity contribution in [1.29, 1.82) is 0 Å². The predicted octanol–water partition coefficient (Wildman–Crippen LogP) is 3.33. The molecule has 150 valence electrons. The first-order chi connectivity index (χ1) is 14.1. The number of amides is 1. The molecule has 1 aliphatic rings. The van der Waals surface area contributed by atoms with Crippen LogP contribution in [0.4, 0.5) is 0 Å². The molecule has 1 amide bonds. The molecule has 1 N–H and O–H groups in total. The number of halogens is 1. The van der Waals surface area contributed by atoms with E-state index in [9.17, 15) is 9.59 Å². The van der Waals surface area contributed by atoms with E-state index in [4.69, 9.17) is 16.3 Å². The van der Waals surface area contributed by atoms with E-state index in [1.54, 1.807) is 35.2 Å². The normalized spacial score (nSPS) is 16.2. The summed E-state index contributed by atoms with van der Waals surface area (Å²) in [4.78, 5) is 34.5. The summed E-state index contributed by atoms with van der Waals surface area (Å²) in [5.41, 5.74) is 1.30. The highest BCUT2D eigenvalue weighted by Crippen LogP contribution is 2.17. The van der Waals surface area contributed by atoms with Crippen LogP contribution >= 0.6 is 11.6 Å². The zero-order chi connectivity index (χ0) is 20.2. The minimum absolute atomic E-state index is 0.0105. The molecule has 3 aromatic rings. The van der Waals surface area contributed by atoms with Gasteiger partial charge in [-0.2, -0.15) is 0 Å². The zero-order valence-electron chi connectivity index (χ0n) is 15.9. The van der Waals surface area contributed by atoms with Crippen molar-refractivity contribution in [2.45, 2.75) is 31.9 Å². The summed E-state index contributed by atoms with van der Waals surface area (Å²) in [6.45, 7) is 1.42. The fraction of sp³-hybridized carbons (Fsp3) is 0.318. The number of aromatic nitrogens is 2. The highest BCUT2D eigenvalue weighted by Gasteiger charge is 2.23. The first-order valence-electron chi connectivity index (χ1n) is 9.70. The minimum Gasteiger partial charge on any atom is -0.376 e. The molecule has 0 spiro atoms. The predicted molar refractivity (Wildman–Crippen MR) is 112 cm³/mol. The van der Waals surface area contributed by atoms with Crippen LogP contribution in [0, 0.1) is 0 Å². The SMILES string of the molecule is O=C(Cc1ccc(Cl)cc1)N(Cc1nc2ccccc2c(=O)[nH]1)C[C@@H]1CCCO1. The number of rotatable bonds is 6. The lowest BCUT2D eigenvalue weighted by Gasteiger charge is -2.25. The summed E-state index contributed by atoms with van der Waals surface area (Å²) in [5.74, 6) is 0.426. The summed E-state index contributed by atoms with van der Waals surface area (Å²) in [5, 5.41) is 1.17. The summed E-state index contributed by atoms with van der Waals surface area (Å²) in [6, 6.07) is 14.4. The zero-order valence-corrected chi connectivity index (χ0v) is 16.7. The molecule has 1 saturated heterocycles. The average Bonchev–Trinajstić information content (AvgIpc) is 3.22. The number of nitrogens with one attached hydrogen (secondary N) is 1. The molecule has 4 rings (SSSR count). The van der Waals surface area contributed by atoms with Gasteiger partial charge in [0.15, 0.2) is 0 Å². The van der Waals surface area contributed by atoms with Gasteiger partial charge in [0.25, 0.3) is 5.56 Å². The largest absolute Gasteiger partial charge is 0.376 e. The lowest BCUT2D eigenvalue weighted by Crippen LogP contribution is -2.38. The monoisotopic (exact) mass is 411 g/mol. The molecular formula is C22H22ClN3O3. The van der Waals surface area contributed by atoms with Crippen molar-refractivity contribution < 1.29 is 9.53 Å². The maximum absolute atomic E-state index is 13.1. The van der Waals surface area contributed by atoms with Crippen molar-refractivity contribution in [2.24, 2.45) is 0 Å². The Morgan fingerprint density at radius 3 is 2.76 bits per heavy atom. The Kier molecular flexibility index (Phi) is 5.92. The number of nitrogens with zero attached hydrogens (tertiary/aromatic N) is 2. The van der Waals surface area contributed by atoms with Gasteiger partial charge in [0.1, 0.15) is 5.82 Å². The van der Waals surface area contributed by atoms with Gasteiger partial charge < -0.3 is 14.6 Å². The van der Waals surface area contributed by atoms with Crippen LogP contribution in [0.25, 0.3) is 10.9 Å². The first-order valence-corrected chi connectivity index (χ1v) is 10.1. The molecule has 1 aliphatic heterocycles. The van der Waals surface area contributed by atoms with Crippen LogP contribution in [0.3, 0.4) is 0 Å². The van der Waals surface area contributed by atoms with Gasteiger partial charge in [0.2, 0.25) is 5.91 Å². The Morgan fingerprint density at radius 1 is 1.21 bits per heavy atom. The van der Waals surface area contributed by atoms with Crippen molar-refractivity contribution in [3.05, 3.63) is 75.3 Å². The van der Waals surface area contributed by atoms with Crippen molar-refractivity contribution >= 4 is 28.4 Å². The molecule has 1 atom stereocenters. The van der Waals surface area contributed by atoms with E-state index >= 15 is 0 Å². The maximum Gasteiger partial charge on any atom is 0.258 e. The first kappa shape index (κ1) is 19.6. The Bertz CT molecular complexity index is 1060. The van der Waals surface area contributed by atoms with Gasteiger partial charge in [-0.1, -0.05) is 35.9 Å². The number of hydrogen-bond donors (Lipinski definition) is 1. The smallest absolute Gasteiger partial charge is 0.258 e. The molecule has 0 saturated carbocycles. The van der Waals surface area contributed by atoms with Crippen LogP contribution < -0.4 is 5.56 Å². The maximum atomic E-state index is 13.1. The molecular weight excluding hydrogens is 390 g/mol. The number of aromatic amines is 1. The molecule has 0 aliphatic carbocycles. The summed E-state index contributed by atoms with van der Waals surface area (Å²) in [7, 11) is 0. The Labute approximate surface area is 173 Å². The van der Waals surface area contributed by atoms with E-state index in [1.807, 2.05) is 18.2 Å². The molecule has 1 aromatic heterocycles. The van der Waals surface area contributed by atoms with Crippen LogP contribution in [-0.4, -0.2) is 40.0 Å². The van der Waals surface area contributed by atoms with Crippen molar-refractivity contribution in [2.75, 3.05) is 13.2 Å². The van der Waals surface area contributed by atoms with Crippen LogP contribution in [0.2, 0.25) is 5.02 Å². The van der Waals surface area contributed by atoms with Crippen molar-refractivity contribution in [3.8, 4) is 0 Å². The second kappa shape index (κ2) is 8.76. The molecule has 29 heavy (non-hydrogen) atoms. The molecule has 6 nitrogen and oxygen atoms in total. The van der Waals surface area contributed by atoms with E-state index in [1.165, 1.54) is 0 Å². The van der Waals surface area contributed by atoms with Crippen LogP contribution in [0.5, 0.6) is 0 Å². The van der Waals surface area contributed by atoms with Crippen LogP contribution in [-0.2, 0) is 22.5 Å². The third-order valence-corrected chi connectivity index (χ3v) is 5.32. The van der Waals surface area contributed by atoms with Crippen LogP contribution in [0.1, 0.15) is 24.2 Å². The lowest BCUT2D eigenvalue weighted by atomic mass is 10.1. The van der Waals surface area contributed by atoms with Gasteiger partial charge in [-0.25, -0.2) is 4.98 Å². The average molecular weight is 412 g/mol. The number of carbonyl (C=O) groups is 1. The summed E-state index contributed by atoms with van der Waals surface area (Å²) in [6.07, 6.45) is 2.18. The Morgan fingerprint density at radius 2 is 2.00 bits per heavy atom. The summed E-state index contributed by atoms with van der Waals surface area (Å²) >= 11 is 5.94. The Balaban J connectivity index is 1.57. The molecule has 1 fully saturated rings. The fourth-order valence-electron chi connectivity index (χ4n) is 3.57. The number of H-pyrrole nitrogens is 1. The highest BCUT2D eigenvalue weighted by atomic mass is 35.5. The third kappa shape index (κ3) is 4.83. The van der Waals surface area contributed by atoms with E-state index in [-0.39, 0.29) is 30.5 Å². The number of carbonyl (C=O) groups excluding carboxylic acids is 1. The lowest BCUT2D eigenvalue weighted by molar-refractivity contribution is -0.132. The fourth-order valence-corrected chi connectivity index (χ4v) is 3.69. The van der Waals surface area contributed by atoms with E-state index in [2.05, 4.69) is 9.97 Å². The van der Waals surface area contributed by atoms with Gasteiger partial charge in [0, 0.05) is 18.2 Å². The molecule has 2 heterocycles. The molecule has 0 unspecified atom stereocenters. The van der Waals surface area contributed by atoms with Gasteiger partial charge >= 0.3 is 0 Å². The minimum atomic E-state index is -0.201. The standard InChI is InChI=1S/C22H22ClN3O3/c23-16-9-7-15(8-10-16)12-21(27)26(13-17-4-3-11-29-17)14-20-24-19-6-2-1-5-18(19)22(28)25-20/h1-2,5-10,17H,3-4,11-14H2,(H,24,25,28)/t17-/m0/s1. The molecule has 2 aromatic carbocycles. The molecule has 0 radical (unpaired) electrons. The number of ether oxygens (including phenoxy) is 1. The topological polar surface area (TPSA) is 75.3 Å². The third-order valence-electron chi connectivity index (χ3n) is 5.07. The molecule has 0 bridgehead atoms. The van der Waals surface area contributed by atoms with E-state index in [0.717, 1.165) is 25.0 Å². The number of para-hydroxylation sites is 1.